The fourth-order valence-corrected chi connectivity index (χ4v) is 3.40. The molecule has 0 unspecified atom stereocenters. The normalized spacial score (nSPS) is 14.9. The molecule has 1 aliphatic carbocycles. The van der Waals surface area contributed by atoms with Crippen molar-refractivity contribution in [2.75, 3.05) is 6.54 Å². The van der Waals surface area contributed by atoms with Gasteiger partial charge in [0.2, 0.25) is 0 Å². The first-order valence-corrected chi connectivity index (χ1v) is 9.34. The molecule has 2 aromatic carbocycles. The Balaban J connectivity index is 1.49. The van der Waals surface area contributed by atoms with E-state index in [0.717, 1.165) is 17.9 Å². The first-order valence-electron chi connectivity index (χ1n) is 8.97. The Morgan fingerprint density at radius 2 is 1.76 bits per heavy atom. The zero-order valence-corrected chi connectivity index (χ0v) is 15.1. The molecule has 132 valence electrons. The fraction of sp³-hybridized carbons (Fsp3) is 0.381. The zero-order chi connectivity index (χ0) is 17.5. The van der Waals surface area contributed by atoms with E-state index in [1.54, 1.807) is 12.1 Å². The third-order valence-electron chi connectivity index (χ3n) is 4.74. The largest absolute Gasteiger partial charge is 0.489 e. The fourth-order valence-electron chi connectivity index (χ4n) is 3.21. The molecule has 1 amide bonds. The third kappa shape index (κ3) is 5.23. The highest BCUT2D eigenvalue weighted by molar-refractivity contribution is 6.31. The van der Waals surface area contributed by atoms with Crippen molar-refractivity contribution in [3.63, 3.8) is 0 Å². The van der Waals surface area contributed by atoms with Gasteiger partial charge < -0.3 is 10.1 Å². The highest BCUT2D eigenvalue weighted by atomic mass is 35.5. The Labute approximate surface area is 154 Å². The summed E-state index contributed by atoms with van der Waals surface area (Å²) in [5.74, 6) is 1.35. The van der Waals surface area contributed by atoms with Gasteiger partial charge in [0, 0.05) is 22.7 Å². The van der Waals surface area contributed by atoms with Gasteiger partial charge in [-0.05, 0) is 49.1 Å². The molecular weight excluding hydrogens is 334 g/mol. The smallest absolute Gasteiger partial charge is 0.251 e. The van der Waals surface area contributed by atoms with Gasteiger partial charge in [0.05, 0.1) is 0 Å². The number of amides is 1. The molecule has 2 aromatic rings. The molecule has 0 heterocycles. The molecule has 3 nitrogen and oxygen atoms in total. The van der Waals surface area contributed by atoms with E-state index in [-0.39, 0.29) is 5.91 Å². The molecule has 25 heavy (non-hydrogen) atoms. The van der Waals surface area contributed by atoms with Crippen molar-refractivity contribution in [3.05, 3.63) is 64.7 Å². The van der Waals surface area contributed by atoms with Crippen molar-refractivity contribution in [1.29, 1.82) is 0 Å². The zero-order valence-electron chi connectivity index (χ0n) is 14.3. The molecule has 1 fully saturated rings. The van der Waals surface area contributed by atoms with Crippen molar-refractivity contribution in [3.8, 4) is 5.75 Å². The van der Waals surface area contributed by atoms with Gasteiger partial charge >= 0.3 is 0 Å². The average molecular weight is 358 g/mol. The maximum Gasteiger partial charge on any atom is 0.251 e. The third-order valence-corrected chi connectivity index (χ3v) is 5.11. The lowest BCUT2D eigenvalue weighted by Crippen LogP contribution is -2.30. The lowest BCUT2D eigenvalue weighted by atomic mass is 9.89. The van der Waals surface area contributed by atoms with Crippen LogP contribution < -0.4 is 10.1 Å². The van der Waals surface area contributed by atoms with Gasteiger partial charge in [-0.1, -0.05) is 49.1 Å². The number of nitrogens with one attached hydrogen (secondary N) is 1. The SMILES string of the molecule is O=C(NCC1CCCCC1)c1ccc(OCc2ccccc2Cl)cc1. The Morgan fingerprint density at radius 3 is 2.48 bits per heavy atom. The van der Waals surface area contributed by atoms with Crippen LogP contribution in [0.1, 0.15) is 48.0 Å². The highest BCUT2D eigenvalue weighted by Gasteiger charge is 2.14. The number of carbonyl (C=O) groups excluding carboxylic acids is 1. The standard InChI is InChI=1S/C21H24ClNO2/c22-20-9-5-4-8-18(20)15-25-19-12-10-17(11-13-19)21(24)23-14-16-6-2-1-3-7-16/h4-5,8-13,16H,1-3,6-7,14-15H2,(H,23,24). The minimum atomic E-state index is -0.0109. The Bertz CT molecular complexity index is 693. The summed E-state index contributed by atoms with van der Waals surface area (Å²) in [6, 6.07) is 14.9. The van der Waals surface area contributed by atoms with Crippen molar-refractivity contribution < 1.29 is 9.53 Å². The number of rotatable bonds is 6. The predicted molar refractivity (Wildman–Crippen MR) is 101 cm³/mol. The van der Waals surface area contributed by atoms with E-state index in [1.807, 2.05) is 36.4 Å². The van der Waals surface area contributed by atoms with Crippen LogP contribution in [0.25, 0.3) is 0 Å². The minimum Gasteiger partial charge on any atom is -0.489 e. The number of ether oxygens (including phenoxy) is 1. The molecule has 0 aliphatic heterocycles. The Morgan fingerprint density at radius 1 is 1.04 bits per heavy atom. The molecule has 3 rings (SSSR count). The Hall–Kier alpha value is -2.00. The van der Waals surface area contributed by atoms with E-state index < -0.39 is 0 Å². The first-order chi connectivity index (χ1) is 12.2. The lowest BCUT2D eigenvalue weighted by molar-refractivity contribution is 0.0943. The molecule has 0 bridgehead atoms. The van der Waals surface area contributed by atoms with E-state index in [4.69, 9.17) is 16.3 Å². The van der Waals surface area contributed by atoms with Crippen LogP contribution >= 0.6 is 11.6 Å². The van der Waals surface area contributed by atoms with E-state index in [1.165, 1.54) is 32.1 Å². The van der Waals surface area contributed by atoms with Crippen molar-refractivity contribution in [1.82, 2.24) is 5.32 Å². The van der Waals surface area contributed by atoms with Crippen LogP contribution in [0, 0.1) is 5.92 Å². The molecule has 0 atom stereocenters. The average Bonchev–Trinajstić information content (AvgIpc) is 2.67. The van der Waals surface area contributed by atoms with Crippen molar-refractivity contribution >= 4 is 17.5 Å². The second-order valence-electron chi connectivity index (χ2n) is 6.62. The van der Waals surface area contributed by atoms with Crippen LogP contribution in [0.5, 0.6) is 5.75 Å². The summed E-state index contributed by atoms with van der Waals surface area (Å²) in [5, 5.41) is 3.75. The summed E-state index contributed by atoms with van der Waals surface area (Å²) in [4.78, 5) is 12.3. The number of halogens is 1. The molecule has 0 saturated heterocycles. The Kier molecular flexibility index (Phi) is 6.35. The van der Waals surface area contributed by atoms with Gasteiger partial charge in [0.1, 0.15) is 12.4 Å². The van der Waals surface area contributed by atoms with Crippen LogP contribution in [-0.2, 0) is 6.61 Å². The van der Waals surface area contributed by atoms with E-state index in [2.05, 4.69) is 5.32 Å². The number of hydrogen-bond donors (Lipinski definition) is 1. The van der Waals surface area contributed by atoms with Gasteiger partial charge in [-0.25, -0.2) is 0 Å². The number of hydrogen-bond acceptors (Lipinski definition) is 2. The molecule has 4 heteroatoms. The van der Waals surface area contributed by atoms with Gasteiger partial charge in [-0.15, -0.1) is 0 Å². The highest BCUT2D eigenvalue weighted by Crippen LogP contribution is 2.23. The van der Waals surface area contributed by atoms with Gasteiger partial charge in [-0.3, -0.25) is 4.79 Å². The summed E-state index contributed by atoms with van der Waals surface area (Å²) in [5.41, 5.74) is 1.61. The topological polar surface area (TPSA) is 38.3 Å². The second kappa shape index (κ2) is 8.91. The minimum absolute atomic E-state index is 0.0109. The van der Waals surface area contributed by atoms with Gasteiger partial charge in [0.15, 0.2) is 0 Å². The van der Waals surface area contributed by atoms with Crippen LogP contribution in [-0.4, -0.2) is 12.5 Å². The summed E-state index contributed by atoms with van der Waals surface area (Å²) in [6.07, 6.45) is 6.38. The van der Waals surface area contributed by atoms with E-state index in [0.29, 0.717) is 23.1 Å². The quantitative estimate of drug-likeness (QED) is 0.768. The van der Waals surface area contributed by atoms with Crippen LogP contribution in [0.4, 0.5) is 0 Å². The van der Waals surface area contributed by atoms with Crippen LogP contribution in [0.2, 0.25) is 5.02 Å². The first kappa shape index (κ1) is 17.8. The van der Waals surface area contributed by atoms with Crippen molar-refractivity contribution in [2.45, 2.75) is 38.7 Å². The number of carbonyl (C=O) groups is 1. The van der Waals surface area contributed by atoms with Crippen LogP contribution in [0.15, 0.2) is 48.5 Å². The summed E-state index contributed by atoms with van der Waals surface area (Å²) >= 11 is 6.12. The summed E-state index contributed by atoms with van der Waals surface area (Å²) in [6.45, 7) is 1.19. The monoisotopic (exact) mass is 357 g/mol. The van der Waals surface area contributed by atoms with Crippen molar-refractivity contribution in [2.24, 2.45) is 5.92 Å². The van der Waals surface area contributed by atoms with E-state index in [9.17, 15) is 4.79 Å². The lowest BCUT2D eigenvalue weighted by Gasteiger charge is -2.21. The number of benzene rings is 2. The molecule has 1 N–H and O–H groups in total. The molecule has 1 aliphatic rings. The maximum atomic E-state index is 12.3. The predicted octanol–water partition coefficient (Wildman–Crippen LogP) is 5.23. The summed E-state index contributed by atoms with van der Waals surface area (Å²) in [7, 11) is 0. The van der Waals surface area contributed by atoms with E-state index >= 15 is 0 Å². The molecule has 1 saturated carbocycles. The summed E-state index contributed by atoms with van der Waals surface area (Å²) < 4.78 is 5.75. The van der Waals surface area contributed by atoms with Crippen LogP contribution in [0.3, 0.4) is 0 Å². The molecular formula is C21H24ClNO2. The molecule has 0 radical (unpaired) electrons. The second-order valence-corrected chi connectivity index (χ2v) is 7.03. The molecule has 0 spiro atoms. The van der Waals surface area contributed by atoms with Gasteiger partial charge in [-0.2, -0.15) is 0 Å². The maximum absolute atomic E-state index is 12.3. The molecule has 0 aromatic heterocycles. The van der Waals surface area contributed by atoms with Gasteiger partial charge in [0.25, 0.3) is 5.91 Å².